The predicted octanol–water partition coefficient (Wildman–Crippen LogP) is 1.36. The van der Waals surface area contributed by atoms with Crippen LogP contribution in [0.2, 0.25) is 0 Å². The van der Waals surface area contributed by atoms with E-state index in [1.165, 1.54) is 5.75 Å². The van der Waals surface area contributed by atoms with Crippen LogP contribution in [0.1, 0.15) is 36.4 Å². The van der Waals surface area contributed by atoms with E-state index >= 15 is 0 Å². The van der Waals surface area contributed by atoms with Gasteiger partial charge in [-0.3, -0.25) is 0 Å². The third-order valence-corrected chi connectivity index (χ3v) is 5.71. The molecule has 3 N–H and O–H groups in total. The summed E-state index contributed by atoms with van der Waals surface area (Å²) in [5.41, 5.74) is 5.38. The Labute approximate surface area is 109 Å². The highest BCUT2D eigenvalue weighted by molar-refractivity contribution is 8.06. The number of thioether (sulfide) groups is 2. The molecule has 1 aliphatic rings. The van der Waals surface area contributed by atoms with Crippen molar-refractivity contribution in [1.29, 1.82) is 0 Å². The van der Waals surface area contributed by atoms with Gasteiger partial charge in [0.05, 0.1) is 5.25 Å². The molecular formula is C10H17N3O2S2. The second-order valence-electron chi connectivity index (χ2n) is 3.95. The summed E-state index contributed by atoms with van der Waals surface area (Å²) < 4.78 is 5.09. The third kappa shape index (κ3) is 3.15. The van der Waals surface area contributed by atoms with Crippen LogP contribution in [-0.2, 0) is 0 Å². The van der Waals surface area contributed by atoms with E-state index in [1.807, 2.05) is 23.5 Å². The van der Waals surface area contributed by atoms with E-state index < -0.39 is 6.10 Å². The van der Waals surface area contributed by atoms with Crippen LogP contribution >= 0.6 is 23.5 Å². The molecule has 17 heavy (non-hydrogen) atoms. The molecule has 7 heteroatoms. The van der Waals surface area contributed by atoms with Crippen molar-refractivity contribution in [1.82, 2.24) is 10.1 Å². The largest absolute Gasteiger partial charge is 0.383 e. The normalized spacial score (nSPS) is 27.0. The smallest absolute Gasteiger partial charge is 0.255 e. The first-order valence-electron chi connectivity index (χ1n) is 5.67. The summed E-state index contributed by atoms with van der Waals surface area (Å²) in [5.74, 6) is 3.26. The highest BCUT2D eigenvalue weighted by atomic mass is 32.2. The van der Waals surface area contributed by atoms with Crippen molar-refractivity contribution in [2.24, 2.45) is 5.73 Å². The molecule has 1 saturated heterocycles. The molecule has 2 rings (SSSR count). The lowest BCUT2D eigenvalue weighted by Gasteiger charge is -2.24. The summed E-state index contributed by atoms with van der Waals surface area (Å²) in [7, 11) is 0. The monoisotopic (exact) mass is 275 g/mol. The van der Waals surface area contributed by atoms with Gasteiger partial charge in [0.25, 0.3) is 5.89 Å². The van der Waals surface area contributed by atoms with Crippen LogP contribution < -0.4 is 5.73 Å². The van der Waals surface area contributed by atoms with Gasteiger partial charge in [0.15, 0.2) is 5.82 Å². The highest BCUT2D eigenvalue weighted by Crippen LogP contribution is 2.41. The van der Waals surface area contributed by atoms with Crippen LogP contribution in [0, 0.1) is 0 Å². The van der Waals surface area contributed by atoms with Gasteiger partial charge in [0, 0.05) is 16.8 Å². The molecule has 3 unspecified atom stereocenters. The molecule has 0 aromatic carbocycles. The van der Waals surface area contributed by atoms with Crippen LogP contribution in [0.5, 0.6) is 0 Å². The van der Waals surface area contributed by atoms with Crippen molar-refractivity contribution in [2.75, 3.05) is 18.1 Å². The van der Waals surface area contributed by atoms with E-state index in [2.05, 4.69) is 17.1 Å². The fourth-order valence-corrected chi connectivity index (χ4v) is 4.38. The summed E-state index contributed by atoms with van der Waals surface area (Å²) in [6.07, 6.45) is -0.290. The van der Waals surface area contributed by atoms with Crippen LogP contribution in [0.3, 0.4) is 0 Å². The zero-order valence-electron chi connectivity index (χ0n) is 9.70. The number of hydrogen-bond donors (Lipinski definition) is 2. The summed E-state index contributed by atoms with van der Waals surface area (Å²) >= 11 is 3.77. The van der Waals surface area contributed by atoms with Gasteiger partial charge in [0.1, 0.15) is 6.10 Å². The Hall–Kier alpha value is -0.240. The molecule has 0 spiro atoms. The van der Waals surface area contributed by atoms with Gasteiger partial charge >= 0.3 is 0 Å². The maximum Gasteiger partial charge on any atom is 0.255 e. The highest BCUT2D eigenvalue weighted by Gasteiger charge is 2.29. The van der Waals surface area contributed by atoms with Crippen molar-refractivity contribution in [3.63, 3.8) is 0 Å². The Morgan fingerprint density at radius 2 is 2.29 bits per heavy atom. The molecule has 0 radical (unpaired) electrons. The zero-order valence-corrected chi connectivity index (χ0v) is 11.3. The summed E-state index contributed by atoms with van der Waals surface area (Å²) in [4.78, 5) is 4.29. The average Bonchev–Trinajstić information content (AvgIpc) is 2.79. The van der Waals surface area contributed by atoms with Crippen molar-refractivity contribution >= 4 is 23.5 Å². The number of aliphatic hydroxyl groups excluding tert-OH is 1. The Morgan fingerprint density at radius 1 is 1.53 bits per heavy atom. The van der Waals surface area contributed by atoms with Crippen molar-refractivity contribution in [3.8, 4) is 0 Å². The van der Waals surface area contributed by atoms with Crippen LogP contribution in [0.25, 0.3) is 0 Å². The minimum atomic E-state index is -0.738. The molecule has 1 aromatic rings. The lowest BCUT2D eigenvalue weighted by molar-refractivity contribution is 0.127. The minimum absolute atomic E-state index is 0.260. The number of aromatic nitrogens is 2. The fourth-order valence-electron chi connectivity index (χ4n) is 1.70. The SMILES string of the molecule is CC1SCCSC1c1noc(C(O)CCN)n1. The Morgan fingerprint density at radius 3 is 3.00 bits per heavy atom. The maximum atomic E-state index is 9.71. The van der Waals surface area contributed by atoms with Crippen LogP contribution in [0.4, 0.5) is 0 Å². The van der Waals surface area contributed by atoms with Crippen molar-refractivity contribution in [2.45, 2.75) is 29.9 Å². The number of nitrogens with two attached hydrogens (primary N) is 1. The van der Waals surface area contributed by atoms with Gasteiger partial charge < -0.3 is 15.4 Å². The van der Waals surface area contributed by atoms with Crippen molar-refractivity contribution < 1.29 is 9.63 Å². The molecule has 1 aliphatic heterocycles. The first kappa shape index (κ1) is 13.2. The maximum absolute atomic E-state index is 9.71. The lowest BCUT2D eigenvalue weighted by Crippen LogP contribution is -2.17. The van der Waals surface area contributed by atoms with E-state index in [1.54, 1.807) is 0 Å². The van der Waals surface area contributed by atoms with Crippen LogP contribution in [-0.4, -0.2) is 38.5 Å². The Bertz CT molecular complexity index is 361. The third-order valence-electron chi connectivity index (χ3n) is 2.62. The first-order valence-corrected chi connectivity index (χ1v) is 7.77. The van der Waals surface area contributed by atoms with Gasteiger partial charge in [-0.2, -0.15) is 16.7 Å². The predicted molar refractivity (Wildman–Crippen MR) is 70.0 cm³/mol. The van der Waals surface area contributed by atoms with E-state index in [0.29, 0.717) is 24.0 Å². The number of hydrogen-bond acceptors (Lipinski definition) is 7. The fraction of sp³-hybridized carbons (Fsp3) is 0.800. The minimum Gasteiger partial charge on any atom is -0.383 e. The van der Waals surface area contributed by atoms with Gasteiger partial charge in [0.2, 0.25) is 0 Å². The van der Waals surface area contributed by atoms with Gasteiger partial charge in [-0.05, 0) is 13.0 Å². The van der Waals surface area contributed by atoms with Gasteiger partial charge in [-0.25, -0.2) is 0 Å². The van der Waals surface area contributed by atoms with Gasteiger partial charge in [-0.15, -0.1) is 11.8 Å². The molecule has 2 heterocycles. The summed E-state index contributed by atoms with van der Waals surface area (Å²) in [6.45, 7) is 2.58. The molecule has 0 bridgehead atoms. The van der Waals surface area contributed by atoms with E-state index in [-0.39, 0.29) is 11.1 Å². The molecule has 3 atom stereocenters. The molecule has 1 fully saturated rings. The quantitative estimate of drug-likeness (QED) is 0.858. The van der Waals surface area contributed by atoms with E-state index in [0.717, 1.165) is 5.75 Å². The Kier molecular flexibility index (Phi) is 4.72. The van der Waals surface area contributed by atoms with E-state index in [4.69, 9.17) is 10.3 Å². The number of aliphatic hydroxyl groups is 1. The Balaban J connectivity index is 2.06. The molecular weight excluding hydrogens is 258 g/mol. The molecule has 5 nitrogen and oxygen atoms in total. The number of rotatable bonds is 4. The second kappa shape index (κ2) is 6.08. The number of nitrogens with zero attached hydrogens (tertiary/aromatic N) is 2. The zero-order chi connectivity index (χ0) is 12.3. The summed E-state index contributed by atoms with van der Waals surface area (Å²) in [6, 6.07) is 0. The molecule has 0 amide bonds. The average molecular weight is 275 g/mol. The molecule has 0 aliphatic carbocycles. The van der Waals surface area contributed by atoms with Gasteiger partial charge in [-0.1, -0.05) is 12.1 Å². The molecule has 1 aromatic heterocycles. The van der Waals surface area contributed by atoms with Crippen molar-refractivity contribution in [3.05, 3.63) is 11.7 Å². The molecule has 96 valence electrons. The molecule has 0 saturated carbocycles. The van der Waals surface area contributed by atoms with Crippen LogP contribution in [0.15, 0.2) is 4.52 Å². The topological polar surface area (TPSA) is 85.2 Å². The summed E-state index contributed by atoms with van der Waals surface area (Å²) in [5, 5.41) is 14.4. The lowest BCUT2D eigenvalue weighted by atomic mass is 10.2. The first-order chi connectivity index (χ1) is 8.22. The second-order valence-corrected chi connectivity index (χ2v) is 6.69. The standard InChI is InChI=1S/C10H17N3O2S2/c1-6-8(17-5-4-16-6)9-12-10(15-13-9)7(14)2-3-11/h6-8,14H,2-5,11H2,1H3. The van der Waals surface area contributed by atoms with E-state index in [9.17, 15) is 5.11 Å².